The van der Waals surface area contributed by atoms with Gasteiger partial charge in [0, 0.05) is 30.4 Å². The minimum Gasteiger partial charge on any atom is -0.492 e. The molecule has 0 radical (unpaired) electrons. The molecule has 2 fully saturated rings. The second-order valence-corrected chi connectivity index (χ2v) is 10.3. The minimum absolute atomic E-state index is 0.0914. The predicted octanol–water partition coefficient (Wildman–Crippen LogP) is 4.19. The normalized spacial score (nSPS) is 19.0. The fraction of sp³-hybridized carbons (Fsp3) is 0.286. The highest BCUT2D eigenvalue weighted by Crippen LogP contribution is 2.35. The van der Waals surface area contributed by atoms with Crippen LogP contribution in [0.3, 0.4) is 0 Å². The summed E-state index contributed by atoms with van der Waals surface area (Å²) in [6, 6.07) is 10.0. The van der Waals surface area contributed by atoms with Gasteiger partial charge in [-0.25, -0.2) is 13.9 Å². The summed E-state index contributed by atoms with van der Waals surface area (Å²) in [7, 11) is 0. The van der Waals surface area contributed by atoms with Crippen molar-refractivity contribution in [3.8, 4) is 16.9 Å². The highest BCUT2D eigenvalue weighted by atomic mass is 35.5. The number of carbonyl (C=O) groups excluding carboxylic acids is 1. The van der Waals surface area contributed by atoms with Crippen molar-refractivity contribution in [2.75, 3.05) is 37.8 Å². The van der Waals surface area contributed by atoms with Gasteiger partial charge in [0.1, 0.15) is 17.4 Å². The lowest BCUT2D eigenvalue weighted by Gasteiger charge is -2.50. The number of ether oxygens (including phenoxy) is 2. The van der Waals surface area contributed by atoms with Crippen molar-refractivity contribution in [3.05, 3.63) is 71.4 Å². The van der Waals surface area contributed by atoms with E-state index >= 15 is 0 Å². The average molecular weight is 562 g/mol. The maximum atomic E-state index is 14.5. The second-order valence-electron chi connectivity index (χ2n) is 9.91. The van der Waals surface area contributed by atoms with Crippen LogP contribution in [0.1, 0.15) is 17.3 Å². The molecule has 10 nitrogen and oxygen atoms in total. The molecule has 1 amide bonds. The zero-order valence-corrected chi connectivity index (χ0v) is 22.3. The summed E-state index contributed by atoms with van der Waals surface area (Å²) in [5, 5.41) is 12.7. The maximum absolute atomic E-state index is 14.5. The highest BCUT2D eigenvalue weighted by Gasteiger charge is 2.41. The van der Waals surface area contributed by atoms with Gasteiger partial charge >= 0.3 is 0 Å². The number of benzene rings is 1. The van der Waals surface area contributed by atoms with Gasteiger partial charge in [-0.3, -0.25) is 9.89 Å². The number of pyridine rings is 2. The third-order valence-corrected chi connectivity index (χ3v) is 7.79. The first-order chi connectivity index (χ1) is 19.5. The largest absolute Gasteiger partial charge is 0.492 e. The van der Waals surface area contributed by atoms with Crippen LogP contribution in [0.2, 0.25) is 5.02 Å². The topological polar surface area (TPSA) is 101 Å². The molecule has 12 heteroatoms. The molecule has 1 N–H and O–H groups in total. The van der Waals surface area contributed by atoms with Gasteiger partial charge in [-0.05, 0) is 37.3 Å². The first-order valence-electron chi connectivity index (χ1n) is 13.1. The highest BCUT2D eigenvalue weighted by molar-refractivity contribution is 6.33. The number of rotatable bonds is 5. The molecule has 2 saturated heterocycles. The number of piperazine rings is 1. The van der Waals surface area contributed by atoms with E-state index in [9.17, 15) is 9.18 Å². The third kappa shape index (κ3) is 4.04. The number of H-pyrrole nitrogens is 1. The number of fused-ring (bicyclic) bond motifs is 5. The third-order valence-electron chi connectivity index (χ3n) is 7.47. The number of aromatic amines is 1. The van der Waals surface area contributed by atoms with Crippen molar-refractivity contribution in [3.63, 3.8) is 0 Å². The number of amides is 1. The molecule has 0 saturated carbocycles. The summed E-state index contributed by atoms with van der Waals surface area (Å²) < 4.78 is 27.9. The van der Waals surface area contributed by atoms with E-state index in [1.807, 2.05) is 37.5 Å². The second kappa shape index (κ2) is 9.76. The summed E-state index contributed by atoms with van der Waals surface area (Å²) in [5.41, 5.74) is 3.34. The van der Waals surface area contributed by atoms with Crippen LogP contribution >= 0.6 is 11.6 Å². The maximum Gasteiger partial charge on any atom is 0.258 e. The van der Waals surface area contributed by atoms with Crippen molar-refractivity contribution in [2.45, 2.75) is 19.0 Å². The predicted molar refractivity (Wildman–Crippen MR) is 147 cm³/mol. The smallest absolute Gasteiger partial charge is 0.258 e. The molecule has 2 atom stereocenters. The van der Waals surface area contributed by atoms with Gasteiger partial charge in [0.15, 0.2) is 5.65 Å². The molecule has 2 bridgehead atoms. The van der Waals surface area contributed by atoms with Crippen LogP contribution in [0.5, 0.6) is 5.75 Å². The van der Waals surface area contributed by atoms with E-state index in [0.29, 0.717) is 44.3 Å². The Kier molecular flexibility index (Phi) is 6.05. The van der Waals surface area contributed by atoms with E-state index in [1.165, 1.54) is 18.2 Å². The standard InChI is InChI=1S/C28H25ClFN7O3/c1-2-40-19-8-20(26-21-10-32-33-27(21)34-36(26)13-19)16-6-7-24(31-9-16)37-17-11-35(12-18(37)15-39-14-17)28(38)25-22(29)4-3-5-23(25)30/h3-10,13,17-18H,2,11-12,14-15H2,1H3,(H,33,34). The van der Waals surface area contributed by atoms with Crippen LogP contribution in [-0.4, -0.2) is 80.6 Å². The first kappa shape index (κ1) is 24.8. The molecule has 0 aliphatic carbocycles. The van der Waals surface area contributed by atoms with E-state index in [4.69, 9.17) is 26.1 Å². The Bertz CT molecular complexity index is 1700. The Labute approximate surface area is 233 Å². The molecule has 2 aliphatic rings. The van der Waals surface area contributed by atoms with Crippen LogP contribution in [0.25, 0.3) is 27.7 Å². The van der Waals surface area contributed by atoms with Gasteiger partial charge in [0.25, 0.3) is 5.91 Å². The van der Waals surface area contributed by atoms with Crippen molar-refractivity contribution >= 4 is 39.9 Å². The zero-order chi connectivity index (χ0) is 27.4. The van der Waals surface area contributed by atoms with Gasteiger partial charge < -0.3 is 19.3 Å². The average Bonchev–Trinajstić information content (AvgIpc) is 3.53. The Morgan fingerprint density at radius 3 is 2.75 bits per heavy atom. The van der Waals surface area contributed by atoms with Crippen molar-refractivity contribution in [1.29, 1.82) is 0 Å². The van der Waals surface area contributed by atoms with Gasteiger partial charge in [-0.15, -0.1) is 5.10 Å². The van der Waals surface area contributed by atoms with Gasteiger partial charge in [-0.2, -0.15) is 5.10 Å². The van der Waals surface area contributed by atoms with E-state index < -0.39 is 11.7 Å². The van der Waals surface area contributed by atoms with Crippen LogP contribution in [0.15, 0.2) is 55.0 Å². The van der Waals surface area contributed by atoms with E-state index in [2.05, 4.69) is 20.2 Å². The van der Waals surface area contributed by atoms with Gasteiger partial charge in [0.05, 0.1) is 65.8 Å². The Morgan fingerprint density at radius 1 is 1.20 bits per heavy atom. The fourth-order valence-electron chi connectivity index (χ4n) is 5.77. The van der Waals surface area contributed by atoms with Crippen LogP contribution < -0.4 is 9.64 Å². The lowest BCUT2D eigenvalue weighted by atomic mass is 10.0. The quantitative estimate of drug-likeness (QED) is 0.343. The van der Waals surface area contributed by atoms with Crippen molar-refractivity contribution in [2.24, 2.45) is 0 Å². The fourth-order valence-corrected chi connectivity index (χ4v) is 6.01. The molecule has 4 aromatic heterocycles. The lowest BCUT2D eigenvalue weighted by molar-refractivity contribution is 0.0151. The summed E-state index contributed by atoms with van der Waals surface area (Å²) in [5.74, 6) is 0.464. The molecule has 2 unspecified atom stereocenters. The Hall–Kier alpha value is -4.22. The number of carbonyl (C=O) groups is 1. The Morgan fingerprint density at radius 2 is 2.02 bits per heavy atom. The number of halogens is 2. The number of hydrogen-bond acceptors (Lipinski definition) is 7. The van der Waals surface area contributed by atoms with Gasteiger partial charge in [0.2, 0.25) is 0 Å². The van der Waals surface area contributed by atoms with E-state index in [0.717, 1.165) is 27.8 Å². The number of hydrogen-bond donors (Lipinski definition) is 1. The van der Waals surface area contributed by atoms with E-state index in [-0.39, 0.29) is 22.7 Å². The first-order valence-corrected chi connectivity index (χ1v) is 13.4. The number of nitrogens with zero attached hydrogens (tertiary/aromatic N) is 6. The molecule has 1 aromatic carbocycles. The number of morpholine rings is 1. The number of nitrogens with one attached hydrogen (secondary N) is 1. The lowest BCUT2D eigenvalue weighted by Crippen LogP contribution is -2.66. The molecule has 5 aromatic rings. The zero-order valence-electron chi connectivity index (χ0n) is 21.6. The Balaban J connectivity index is 1.19. The summed E-state index contributed by atoms with van der Waals surface area (Å²) >= 11 is 6.19. The number of anilines is 1. The molecule has 2 aliphatic heterocycles. The molecule has 0 spiro atoms. The minimum atomic E-state index is -0.619. The molecule has 40 heavy (non-hydrogen) atoms. The molecular weight excluding hydrogens is 537 g/mol. The SMILES string of the molecule is CCOc1cc(-c2ccc(N3C4COCC3CN(C(=O)c3c(F)cccc3Cl)C4)nc2)c2c3cn[nH]c3nn2c1. The van der Waals surface area contributed by atoms with Crippen molar-refractivity contribution in [1.82, 2.24) is 29.7 Å². The van der Waals surface area contributed by atoms with Crippen molar-refractivity contribution < 1.29 is 18.7 Å². The molecule has 204 valence electrons. The summed E-state index contributed by atoms with van der Waals surface area (Å²) in [6.07, 6.45) is 5.46. The van der Waals surface area contributed by atoms with Crippen LogP contribution in [0.4, 0.5) is 10.2 Å². The van der Waals surface area contributed by atoms with Crippen LogP contribution in [-0.2, 0) is 4.74 Å². The van der Waals surface area contributed by atoms with Gasteiger partial charge in [-0.1, -0.05) is 17.7 Å². The molecule has 6 heterocycles. The molecular formula is C28H25ClFN7O3. The molecule has 7 rings (SSSR count). The number of aromatic nitrogens is 5. The van der Waals surface area contributed by atoms with Crippen LogP contribution in [0, 0.1) is 5.82 Å². The summed E-state index contributed by atoms with van der Waals surface area (Å²) in [4.78, 5) is 22.0. The monoisotopic (exact) mass is 561 g/mol. The van der Waals surface area contributed by atoms with E-state index in [1.54, 1.807) is 15.6 Å². The summed E-state index contributed by atoms with van der Waals surface area (Å²) in [6.45, 7) is 4.07.